The van der Waals surface area contributed by atoms with Gasteiger partial charge in [0.25, 0.3) is 0 Å². The number of urea groups is 1. The van der Waals surface area contributed by atoms with Crippen molar-refractivity contribution in [1.82, 2.24) is 9.47 Å². The summed E-state index contributed by atoms with van der Waals surface area (Å²) in [6.45, 7) is 3.34. The highest BCUT2D eigenvalue weighted by molar-refractivity contribution is 5.94. The van der Waals surface area contributed by atoms with Crippen molar-refractivity contribution in [2.75, 3.05) is 30.3 Å². The Kier molecular flexibility index (Phi) is 5.09. The lowest BCUT2D eigenvalue weighted by Gasteiger charge is -2.46. The predicted molar refractivity (Wildman–Crippen MR) is 123 cm³/mol. The lowest BCUT2D eigenvalue weighted by molar-refractivity contribution is 0.0526. The summed E-state index contributed by atoms with van der Waals surface area (Å²) < 4.78 is 7.30. The van der Waals surface area contributed by atoms with Gasteiger partial charge in [-0.05, 0) is 62.2 Å². The number of fused-ring (bicyclic) bond motifs is 4. The van der Waals surface area contributed by atoms with Gasteiger partial charge in [-0.3, -0.25) is 0 Å². The van der Waals surface area contributed by atoms with Crippen LogP contribution in [0.4, 0.5) is 16.2 Å². The van der Waals surface area contributed by atoms with Crippen LogP contribution in [0.1, 0.15) is 35.8 Å². The van der Waals surface area contributed by atoms with E-state index in [1.165, 1.54) is 5.69 Å². The molecule has 0 bridgehead atoms. The van der Waals surface area contributed by atoms with E-state index in [2.05, 4.69) is 45.7 Å². The Morgan fingerprint density at radius 2 is 1.88 bits per heavy atom. The molecule has 5 rings (SSSR count). The number of esters is 1. The molecule has 7 nitrogen and oxygen atoms in total. The summed E-state index contributed by atoms with van der Waals surface area (Å²) in [5.74, 6) is -0.393. The zero-order valence-corrected chi connectivity index (χ0v) is 18.0. The number of ether oxygens (including phenoxy) is 1. The molecule has 2 aliphatic rings. The molecule has 0 saturated carbocycles. The number of nitrogens with one attached hydrogen (secondary N) is 2. The van der Waals surface area contributed by atoms with Gasteiger partial charge in [0.05, 0.1) is 29.1 Å². The number of anilines is 2. The molecule has 32 heavy (non-hydrogen) atoms. The number of aromatic nitrogens is 1. The second-order valence-electron chi connectivity index (χ2n) is 8.21. The number of hydrogen-bond acceptors (Lipinski definition) is 4. The number of carbonyl (C=O) groups is 2. The lowest BCUT2D eigenvalue weighted by atomic mass is 9.82. The molecule has 2 amide bonds. The average molecular weight is 431 g/mol. The maximum Gasteiger partial charge on any atom is 0.338 e. The molecule has 0 radical (unpaired) electrons. The van der Waals surface area contributed by atoms with Gasteiger partial charge in [0.1, 0.15) is 0 Å². The Morgan fingerprint density at radius 3 is 2.69 bits per heavy atom. The second-order valence-corrected chi connectivity index (χ2v) is 8.21. The van der Waals surface area contributed by atoms with Crippen LogP contribution in [0.25, 0.3) is 5.69 Å². The van der Waals surface area contributed by atoms with Gasteiger partial charge in [0.15, 0.2) is 0 Å². The Hall–Kier alpha value is -3.74. The maximum atomic E-state index is 12.9. The van der Waals surface area contributed by atoms with Crippen LogP contribution in [0, 0.1) is 0 Å². The minimum absolute atomic E-state index is 0.160. The van der Waals surface area contributed by atoms with Crippen molar-refractivity contribution in [2.45, 2.75) is 25.3 Å². The molecule has 1 saturated heterocycles. The summed E-state index contributed by atoms with van der Waals surface area (Å²) in [7, 11) is 0. The van der Waals surface area contributed by atoms with Crippen molar-refractivity contribution in [3.8, 4) is 5.69 Å². The van der Waals surface area contributed by atoms with Gasteiger partial charge >= 0.3 is 12.0 Å². The third kappa shape index (κ3) is 3.49. The van der Waals surface area contributed by atoms with E-state index in [1.807, 2.05) is 17.0 Å². The van der Waals surface area contributed by atoms with E-state index in [4.69, 9.17) is 4.74 Å². The van der Waals surface area contributed by atoms with Crippen LogP contribution < -0.4 is 10.6 Å². The van der Waals surface area contributed by atoms with E-state index in [9.17, 15) is 9.59 Å². The van der Waals surface area contributed by atoms with E-state index in [-0.39, 0.29) is 11.6 Å². The standard InChI is InChI=1S/C25H26N4O3/c1-2-32-23(30)18-7-5-8-19(17-18)26-24(31)28-15-12-25(13-16-28)22-11-6-14-29(22)21-10-4-3-9-20(21)27-25/h3-11,14,17,27H,2,12-13,15-16H2,1H3,(H,26,31). The highest BCUT2D eigenvalue weighted by Gasteiger charge is 2.42. The van der Waals surface area contributed by atoms with Crippen LogP contribution in [0.5, 0.6) is 0 Å². The van der Waals surface area contributed by atoms with Crippen molar-refractivity contribution >= 4 is 23.4 Å². The number of rotatable bonds is 3. The molecule has 0 unspecified atom stereocenters. The molecule has 0 atom stereocenters. The number of benzene rings is 2. The fourth-order valence-corrected chi connectivity index (χ4v) is 4.71. The topological polar surface area (TPSA) is 75.6 Å². The third-order valence-corrected chi connectivity index (χ3v) is 6.31. The highest BCUT2D eigenvalue weighted by Crippen LogP contribution is 2.43. The minimum atomic E-state index is -0.393. The van der Waals surface area contributed by atoms with E-state index in [0.29, 0.717) is 30.9 Å². The van der Waals surface area contributed by atoms with Crippen LogP contribution in [0.2, 0.25) is 0 Å². The Morgan fingerprint density at radius 1 is 1.06 bits per heavy atom. The molecule has 3 aromatic rings. The number of nitrogens with zero attached hydrogens (tertiary/aromatic N) is 2. The molecule has 3 heterocycles. The van der Waals surface area contributed by atoms with Crippen LogP contribution in [0.3, 0.4) is 0 Å². The molecule has 1 fully saturated rings. The summed E-state index contributed by atoms with van der Waals surface area (Å²) >= 11 is 0. The zero-order chi connectivity index (χ0) is 22.1. The van der Waals surface area contributed by atoms with E-state index >= 15 is 0 Å². The van der Waals surface area contributed by atoms with Crippen LogP contribution >= 0.6 is 0 Å². The smallest absolute Gasteiger partial charge is 0.338 e. The first-order valence-electron chi connectivity index (χ1n) is 11.0. The molecular formula is C25H26N4O3. The normalized spacial score (nSPS) is 16.0. The van der Waals surface area contributed by atoms with Gasteiger partial charge in [-0.15, -0.1) is 0 Å². The van der Waals surface area contributed by atoms with Crippen molar-refractivity contribution in [2.24, 2.45) is 0 Å². The molecule has 164 valence electrons. The largest absolute Gasteiger partial charge is 0.462 e. The predicted octanol–water partition coefficient (Wildman–Crippen LogP) is 4.60. The van der Waals surface area contributed by atoms with Crippen LogP contribution in [0.15, 0.2) is 66.9 Å². The van der Waals surface area contributed by atoms with Crippen molar-refractivity contribution < 1.29 is 14.3 Å². The Balaban J connectivity index is 1.28. The van der Waals surface area contributed by atoms with Crippen molar-refractivity contribution in [3.05, 3.63) is 78.1 Å². The van der Waals surface area contributed by atoms with E-state index in [0.717, 1.165) is 24.2 Å². The van der Waals surface area contributed by atoms with Crippen molar-refractivity contribution in [1.29, 1.82) is 0 Å². The molecule has 0 aliphatic carbocycles. The summed E-state index contributed by atoms with van der Waals surface area (Å²) in [4.78, 5) is 26.7. The molecular weight excluding hydrogens is 404 g/mol. The summed E-state index contributed by atoms with van der Waals surface area (Å²) in [6, 6.07) is 19.2. The SMILES string of the molecule is CCOC(=O)c1cccc(NC(=O)N2CCC3(CC2)Nc2ccccc2-n2cccc23)c1. The molecule has 2 aromatic carbocycles. The van der Waals surface area contributed by atoms with Gasteiger partial charge in [0, 0.05) is 30.7 Å². The van der Waals surface area contributed by atoms with Gasteiger partial charge < -0.3 is 24.8 Å². The first kappa shape index (κ1) is 20.2. The highest BCUT2D eigenvalue weighted by atomic mass is 16.5. The fraction of sp³-hybridized carbons (Fsp3) is 0.280. The van der Waals surface area contributed by atoms with Crippen LogP contribution in [-0.2, 0) is 10.3 Å². The van der Waals surface area contributed by atoms with Gasteiger partial charge in [0.2, 0.25) is 0 Å². The first-order chi connectivity index (χ1) is 15.6. The van der Waals surface area contributed by atoms with E-state index < -0.39 is 5.97 Å². The first-order valence-corrected chi connectivity index (χ1v) is 11.0. The number of hydrogen-bond donors (Lipinski definition) is 2. The number of amides is 2. The average Bonchev–Trinajstić information content (AvgIpc) is 3.31. The minimum Gasteiger partial charge on any atom is -0.462 e. The van der Waals surface area contributed by atoms with Gasteiger partial charge in [-0.25, -0.2) is 9.59 Å². The second kappa shape index (κ2) is 8.07. The van der Waals surface area contributed by atoms with Crippen molar-refractivity contribution in [3.63, 3.8) is 0 Å². The zero-order valence-electron chi connectivity index (χ0n) is 18.0. The molecule has 2 aliphatic heterocycles. The monoisotopic (exact) mass is 430 g/mol. The van der Waals surface area contributed by atoms with Crippen LogP contribution in [-0.4, -0.2) is 41.2 Å². The number of para-hydroxylation sites is 2. The Bertz CT molecular complexity index is 1160. The summed E-state index contributed by atoms with van der Waals surface area (Å²) in [5, 5.41) is 6.69. The van der Waals surface area contributed by atoms with Gasteiger partial charge in [-0.1, -0.05) is 18.2 Å². The molecule has 1 spiro atoms. The van der Waals surface area contributed by atoms with Gasteiger partial charge in [-0.2, -0.15) is 0 Å². The quantitative estimate of drug-likeness (QED) is 0.596. The number of carbonyl (C=O) groups excluding carboxylic acids is 2. The molecule has 1 aromatic heterocycles. The fourth-order valence-electron chi connectivity index (χ4n) is 4.71. The molecule has 2 N–H and O–H groups in total. The Labute approximate surface area is 187 Å². The summed E-state index contributed by atoms with van der Waals surface area (Å²) in [6.07, 6.45) is 3.72. The summed E-state index contributed by atoms with van der Waals surface area (Å²) in [5.41, 5.74) is 4.31. The molecule has 7 heteroatoms. The maximum absolute atomic E-state index is 12.9. The number of piperidine rings is 1. The third-order valence-electron chi connectivity index (χ3n) is 6.31. The lowest BCUT2D eigenvalue weighted by Crippen LogP contribution is -2.51. The number of likely N-dealkylation sites (tertiary alicyclic amines) is 1. The van der Waals surface area contributed by atoms with E-state index in [1.54, 1.807) is 31.2 Å².